The normalized spacial score (nSPS) is 14.9. The van der Waals surface area contributed by atoms with Gasteiger partial charge < -0.3 is 13.3 Å². The van der Waals surface area contributed by atoms with Crippen LogP contribution in [-0.4, -0.2) is 15.0 Å². The zero-order valence-electron chi connectivity index (χ0n) is 34.0. The molecule has 0 bridgehead atoms. The molecule has 0 saturated heterocycles. The van der Waals surface area contributed by atoms with Crippen LogP contribution in [0.2, 0.25) is 0 Å². The molecule has 1 unspecified atom stereocenters. The molecule has 0 fully saturated rings. The summed E-state index contributed by atoms with van der Waals surface area (Å²) in [6, 6.07) is 66.1. The quantitative estimate of drug-likeness (QED) is 0.177. The Bertz CT molecular complexity index is 4040. The number of benzene rings is 9. The second-order valence-electron chi connectivity index (χ2n) is 17.0. The van der Waals surface area contributed by atoms with E-state index in [1.807, 2.05) is 66.7 Å². The number of rotatable bonds is 3. The van der Waals surface area contributed by atoms with Gasteiger partial charge in [-0.25, -0.2) is 15.0 Å². The average molecular weight is 818 g/mol. The van der Waals surface area contributed by atoms with Gasteiger partial charge in [-0.3, -0.25) is 0 Å². The molecule has 4 heterocycles. The summed E-state index contributed by atoms with van der Waals surface area (Å²) in [5.74, 6) is 1.74. The van der Waals surface area contributed by atoms with Crippen LogP contribution in [0.25, 0.3) is 122 Å². The van der Waals surface area contributed by atoms with E-state index in [2.05, 4.69) is 121 Å². The zero-order valence-corrected chi connectivity index (χ0v) is 34.0. The summed E-state index contributed by atoms with van der Waals surface area (Å²) in [6.45, 7) is 0. The maximum absolute atomic E-state index is 6.79. The van der Waals surface area contributed by atoms with Crippen molar-refractivity contribution in [1.29, 1.82) is 0 Å². The van der Waals surface area contributed by atoms with Crippen molar-refractivity contribution in [3.63, 3.8) is 0 Å². The first-order chi connectivity index (χ1) is 31.7. The van der Waals surface area contributed by atoms with Crippen LogP contribution in [0.3, 0.4) is 0 Å². The molecule has 296 valence electrons. The second kappa shape index (κ2) is 12.3. The second-order valence-corrected chi connectivity index (χ2v) is 17.0. The molecule has 2 aliphatic rings. The molecule has 1 atom stereocenters. The first-order valence-corrected chi connectivity index (χ1v) is 21.6. The van der Waals surface area contributed by atoms with Gasteiger partial charge in [-0.15, -0.1) is 0 Å². The number of aromatic nitrogens is 3. The van der Waals surface area contributed by atoms with E-state index in [9.17, 15) is 0 Å². The fraction of sp³-hybridized carbons (Fsp3) is 0.0172. The Kier molecular flexibility index (Phi) is 6.53. The molecule has 6 heteroatoms. The first-order valence-electron chi connectivity index (χ1n) is 21.6. The van der Waals surface area contributed by atoms with Crippen molar-refractivity contribution < 1.29 is 13.3 Å². The molecule has 0 radical (unpaired) electrons. The zero-order chi connectivity index (χ0) is 41.7. The third-order valence-electron chi connectivity index (χ3n) is 13.8. The Morgan fingerprint density at radius 3 is 1.38 bits per heavy atom. The highest BCUT2D eigenvalue weighted by Crippen LogP contribution is 2.64. The summed E-state index contributed by atoms with van der Waals surface area (Å²) in [7, 11) is 0. The van der Waals surface area contributed by atoms with Crippen LogP contribution in [0.4, 0.5) is 0 Å². The standard InChI is InChI=1S/C58H31N3O3/c1-6-16-44-35(11-1)36-24-21-34(31-47(36)58(44)45-17-7-2-15-41(45)53-46(58)26-25-40-37-12-3-10-20-50(37)64-54(40)53)57-60-55(32-22-27-51-42(29-32)38-13-4-8-18-48(38)62-51)59-56(61-57)33-23-28-52-43(30-33)39-14-5-9-19-49(39)63-52/h1-31H. The van der Waals surface area contributed by atoms with E-state index >= 15 is 0 Å². The maximum Gasteiger partial charge on any atom is 0.164 e. The van der Waals surface area contributed by atoms with Crippen molar-refractivity contribution in [2.24, 2.45) is 0 Å². The van der Waals surface area contributed by atoms with E-state index in [0.29, 0.717) is 17.5 Å². The SMILES string of the molecule is c1ccc2c(c1)-c1ccc(-c3nc(-c4ccc5oc6ccccc6c5c4)nc(-c4ccc5oc6ccccc6c5c4)n3)cc1C21c2ccccc2-c2c1ccc1c2oc2ccccc21. The Morgan fingerprint density at radius 2 is 0.750 bits per heavy atom. The highest BCUT2D eigenvalue weighted by molar-refractivity contribution is 6.13. The minimum absolute atomic E-state index is 0.576. The van der Waals surface area contributed by atoms with Crippen LogP contribution in [0.1, 0.15) is 22.3 Å². The number of nitrogens with zero attached hydrogens (tertiary/aromatic N) is 3. The van der Waals surface area contributed by atoms with Crippen LogP contribution in [0.5, 0.6) is 0 Å². The third-order valence-corrected chi connectivity index (χ3v) is 13.8. The van der Waals surface area contributed by atoms with Gasteiger partial charge in [0, 0.05) is 54.6 Å². The lowest BCUT2D eigenvalue weighted by molar-refractivity contribution is 0.668. The Hall–Kier alpha value is -8.61. The highest BCUT2D eigenvalue weighted by Gasteiger charge is 2.52. The summed E-state index contributed by atoms with van der Waals surface area (Å²) in [4.78, 5) is 15.9. The van der Waals surface area contributed by atoms with Gasteiger partial charge in [-0.2, -0.15) is 0 Å². The number of fused-ring (bicyclic) bond motifs is 20. The van der Waals surface area contributed by atoms with Crippen molar-refractivity contribution >= 4 is 65.8 Å². The lowest BCUT2D eigenvalue weighted by Crippen LogP contribution is -2.25. The van der Waals surface area contributed by atoms with Crippen molar-refractivity contribution in [2.75, 3.05) is 0 Å². The molecule has 2 aliphatic carbocycles. The topological polar surface area (TPSA) is 78.1 Å². The van der Waals surface area contributed by atoms with Crippen molar-refractivity contribution in [2.45, 2.75) is 5.41 Å². The van der Waals surface area contributed by atoms with E-state index in [1.165, 1.54) is 38.9 Å². The molecule has 0 saturated carbocycles. The van der Waals surface area contributed by atoms with Gasteiger partial charge in [0.25, 0.3) is 0 Å². The molecule has 13 aromatic rings. The van der Waals surface area contributed by atoms with Gasteiger partial charge in [0.2, 0.25) is 0 Å². The predicted octanol–water partition coefficient (Wildman–Crippen LogP) is 14.9. The molecule has 4 aromatic heterocycles. The van der Waals surface area contributed by atoms with Gasteiger partial charge in [-0.05, 0) is 99.6 Å². The largest absolute Gasteiger partial charge is 0.456 e. The molecule has 0 N–H and O–H groups in total. The Balaban J connectivity index is 0.986. The van der Waals surface area contributed by atoms with Crippen molar-refractivity contribution in [1.82, 2.24) is 15.0 Å². The number of hydrogen-bond acceptors (Lipinski definition) is 6. The smallest absolute Gasteiger partial charge is 0.164 e. The minimum Gasteiger partial charge on any atom is -0.456 e. The average Bonchev–Trinajstić information content (AvgIpc) is 4.16. The summed E-state index contributed by atoms with van der Waals surface area (Å²) >= 11 is 0. The molecule has 0 aliphatic heterocycles. The molecular weight excluding hydrogens is 787 g/mol. The molecule has 64 heavy (non-hydrogen) atoms. The van der Waals surface area contributed by atoms with E-state index < -0.39 is 5.41 Å². The number of para-hydroxylation sites is 3. The van der Waals surface area contributed by atoms with E-state index in [1.54, 1.807) is 0 Å². The van der Waals surface area contributed by atoms with Crippen LogP contribution in [0.15, 0.2) is 201 Å². The minimum atomic E-state index is -0.611. The van der Waals surface area contributed by atoms with Crippen molar-refractivity contribution in [3.8, 4) is 56.4 Å². The molecule has 0 amide bonds. The van der Waals surface area contributed by atoms with Gasteiger partial charge in [0.15, 0.2) is 17.5 Å². The molecular formula is C58H31N3O3. The first kappa shape index (κ1) is 34.0. The van der Waals surface area contributed by atoms with E-state index in [-0.39, 0.29) is 0 Å². The van der Waals surface area contributed by atoms with Crippen LogP contribution < -0.4 is 0 Å². The van der Waals surface area contributed by atoms with Crippen LogP contribution in [0, 0.1) is 0 Å². The Labute approximate surface area is 364 Å². The molecule has 6 nitrogen and oxygen atoms in total. The highest BCUT2D eigenvalue weighted by atomic mass is 16.3. The monoisotopic (exact) mass is 817 g/mol. The molecule has 15 rings (SSSR count). The summed E-state index contributed by atoms with van der Waals surface area (Å²) < 4.78 is 19.3. The lowest BCUT2D eigenvalue weighted by atomic mass is 9.70. The summed E-state index contributed by atoms with van der Waals surface area (Å²) in [6.07, 6.45) is 0. The van der Waals surface area contributed by atoms with E-state index in [4.69, 9.17) is 28.2 Å². The lowest BCUT2D eigenvalue weighted by Gasteiger charge is -2.30. The fourth-order valence-corrected chi connectivity index (χ4v) is 11.0. The van der Waals surface area contributed by atoms with Gasteiger partial charge in [-0.1, -0.05) is 127 Å². The van der Waals surface area contributed by atoms with Gasteiger partial charge >= 0.3 is 0 Å². The molecule has 9 aromatic carbocycles. The number of furan rings is 3. The van der Waals surface area contributed by atoms with Gasteiger partial charge in [0.1, 0.15) is 33.5 Å². The van der Waals surface area contributed by atoms with E-state index in [0.717, 1.165) is 88.1 Å². The fourth-order valence-electron chi connectivity index (χ4n) is 11.0. The van der Waals surface area contributed by atoms with Crippen LogP contribution >= 0.6 is 0 Å². The van der Waals surface area contributed by atoms with Crippen molar-refractivity contribution in [3.05, 3.63) is 210 Å². The third kappa shape index (κ3) is 4.41. The van der Waals surface area contributed by atoms with Crippen LogP contribution in [-0.2, 0) is 5.41 Å². The molecule has 1 spiro atoms. The number of hydrogen-bond donors (Lipinski definition) is 0. The predicted molar refractivity (Wildman–Crippen MR) is 254 cm³/mol. The maximum atomic E-state index is 6.79. The summed E-state index contributed by atoms with van der Waals surface area (Å²) in [5.41, 5.74) is 16.8. The summed E-state index contributed by atoms with van der Waals surface area (Å²) in [5, 5.41) is 6.36. The Morgan fingerprint density at radius 1 is 0.297 bits per heavy atom. The van der Waals surface area contributed by atoms with Gasteiger partial charge in [0.05, 0.1) is 5.41 Å².